The summed E-state index contributed by atoms with van der Waals surface area (Å²) in [7, 11) is 0. The maximum absolute atomic E-state index is 11.3. The first kappa shape index (κ1) is 17.9. The van der Waals surface area contributed by atoms with Crippen LogP contribution in [0.2, 0.25) is 0 Å². The van der Waals surface area contributed by atoms with E-state index >= 15 is 0 Å². The molecule has 28 heavy (non-hydrogen) atoms. The molecule has 146 valence electrons. The molecule has 1 unspecified atom stereocenters. The minimum atomic E-state index is -0.934. The summed E-state index contributed by atoms with van der Waals surface area (Å²) < 4.78 is 2.39. The van der Waals surface area contributed by atoms with Crippen LogP contribution in [0.5, 0.6) is 0 Å². The van der Waals surface area contributed by atoms with Crippen LogP contribution in [-0.2, 0) is 25.0 Å². The van der Waals surface area contributed by atoms with Gasteiger partial charge in [0.2, 0.25) is 0 Å². The van der Waals surface area contributed by atoms with Crippen LogP contribution in [0.1, 0.15) is 42.1 Å². The number of pyridine rings is 1. The molecule has 2 aliphatic rings. The van der Waals surface area contributed by atoms with Crippen LogP contribution in [-0.4, -0.2) is 38.7 Å². The maximum atomic E-state index is 11.3. The second kappa shape index (κ2) is 6.71. The lowest BCUT2D eigenvalue weighted by atomic mass is 9.97. The highest BCUT2D eigenvalue weighted by molar-refractivity contribution is 5.86. The highest BCUT2D eigenvalue weighted by Gasteiger charge is 2.33. The van der Waals surface area contributed by atoms with Gasteiger partial charge in [0.1, 0.15) is 5.60 Å². The molecule has 0 spiro atoms. The zero-order chi connectivity index (χ0) is 19.3. The van der Waals surface area contributed by atoms with E-state index in [9.17, 15) is 5.11 Å². The maximum Gasteiger partial charge on any atom is 0.105 e. The second-order valence-electron chi connectivity index (χ2n) is 8.81. The van der Waals surface area contributed by atoms with Crippen LogP contribution in [0.4, 0.5) is 0 Å². The fourth-order valence-electron chi connectivity index (χ4n) is 4.87. The Balaban J connectivity index is 1.58. The number of fused-ring (bicyclic) bond motifs is 3. The van der Waals surface area contributed by atoms with Gasteiger partial charge in [-0.3, -0.25) is 9.88 Å². The van der Waals surface area contributed by atoms with Crippen LogP contribution in [0.15, 0.2) is 42.7 Å². The lowest BCUT2D eigenvalue weighted by Crippen LogP contribution is -2.30. The van der Waals surface area contributed by atoms with Crippen molar-refractivity contribution in [3.8, 4) is 0 Å². The largest absolute Gasteiger partial charge is 0.384 e. The summed E-state index contributed by atoms with van der Waals surface area (Å²) in [6, 6.07) is 11.4. The third kappa shape index (κ3) is 3.15. The highest BCUT2D eigenvalue weighted by atomic mass is 16.3. The van der Waals surface area contributed by atoms with Crippen LogP contribution >= 0.6 is 0 Å². The predicted octanol–water partition coefficient (Wildman–Crippen LogP) is 3.82. The number of aliphatic hydroxyl groups is 1. The van der Waals surface area contributed by atoms with Gasteiger partial charge in [-0.05, 0) is 68.5 Å². The molecule has 1 atom stereocenters. The molecule has 4 nitrogen and oxygen atoms in total. The minimum absolute atomic E-state index is 0.565. The average Bonchev–Trinajstić information content (AvgIpc) is 3.50. The van der Waals surface area contributed by atoms with Crippen LogP contribution < -0.4 is 0 Å². The summed E-state index contributed by atoms with van der Waals surface area (Å²) in [6.45, 7) is 6.94. The van der Waals surface area contributed by atoms with Crippen LogP contribution in [0, 0.1) is 6.92 Å². The molecule has 0 bridgehead atoms. The summed E-state index contributed by atoms with van der Waals surface area (Å²) in [4.78, 5) is 6.78. The highest BCUT2D eigenvalue weighted by Crippen LogP contribution is 2.35. The number of benzene rings is 1. The molecule has 1 fully saturated rings. The Morgan fingerprint density at radius 2 is 1.86 bits per heavy atom. The number of aryl methyl sites for hydroxylation is 1. The van der Waals surface area contributed by atoms with E-state index < -0.39 is 5.60 Å². The molecular formula is C24H29N3O. The molecule has 1 saturated carbocycles. The summed E-state index contributed by atoms with van der Waals surface area (Å²) in [5.41, 5.74) is 5.45. The van der Waals surface area contributed by atoms with Gasteiger partial charge in [0.05, 0.1) is 6.54 Å². The summed E-state index contributed by atoms with van der Waals surface area (Å²) in [5, 5.41) is 12.7. The molecular weight excluding hydrogens is 346 g/mol. The van der Waals surface area contributed by atoms with Crippen molar-refractivity contribution in [1.29, 1.82) is 0 Å². The first-order valence-corrected chi connectivity index (χ1v) is 10.5. The molecule has 4 heteroatoms. The minimum Gasteiger partial charge on any atom is -0.384 e. The first-order valence-electron chi connectivity index (χ1n) is 10.5. The van der Waals surface area contributed by atoms with Gasteiger partial charge in [0.15, 0.2) is 0 Å². The Labute approximate surface area is 166 Å². The number of hydrogen-bond acceptors (Lipinski definition) is 3. The topological polar surface area (TPSA) is 41.3 Å². The van der Waals surface area contributed by atoms with Crippen molar-refractivity contribution in [3.05, 3.63) is 65.1 Å². The molecule has 1 N–H and O–H groups in total. The zero-order valence-corrected chi connectivity index (χ0v) is 16.9. The Hall–Kier alpha value is -2.17. The van der Waals surface area contributed by atoms with E-state index in [4.69, 9.17) is 0 Å². The number of aromatic nitrogens is 2. The SMILES string of the molecule is Cc1ccc2c(c1)c1c(n2CC(C)(O)c2ccncc2)CCN(C2CC2)CC1. The van der Waals surface area contributed by atoms with E-state index in [1.165, 1.54) is 40.6 Å². The van der Waals surface area contributed by atoms with Crippen molar-refractivity contribution in [2.24, 2.45) is 0 Å². The molecule has 2 aromatic heterocycles. The number of nitrogens with zero attached hydrogens (tertiary/aromatic N) is 3. The molecule has 1 aromatic carbocycles. The Morgan fingerprint density at radius 3 is 2.61 bits per heavy atom. The fourth-order valence-corrected chi connectivity index (χ4v) is 4.87. The van der Waals surface area contributed by atoms with Gasteiger partial charge in [-0.15, -0.1) is 0 Å². The molecule has 0 saturated heterocycles. The van der Waals surface area contributed by atoms with E-state index in [1.54, 1.807) is 12.4 Å². The van der Waals surface area contributed by atoms with E-state index in [2.05, 4.69) is 39.6 Å². The van der Waals surface area contributed by atoms with E-state index in [-0.39, 0.29) is 0 Å². The van der Waals surface area contributed by atoms with Crippen molar-refractivity contribution < 1.29 is 5.11 Å². The molecule has 0 radical (unpaired) electrons. The Kier molecular flexibility index (Phi) is 4.29. The molecule has 1 aliphatic heterocycles. The molecule has 5 rings (SSSR count). The van der Waals surface area contributed by atoms with Gasteiger partial charge in [0, 0.05) is 54.5 Å². The van der Waals surface area contributed by atoms with Crippen molar-refractivity contribution in [2.75, 3.05) is 13.1 Å². The molecule has 1 aliphatic carbocycles. The van der Waals surface area contributed by atoms with Gasteiger partial charge in [-0.25, -0.2) is 0 Å². The quantitative estimate of drug-likeness (QED) is 0.754. The zero-order valence-electron chi connectivity index (χ0n) is 16.9. The second-order valence-corrected chi connectivity index (χ2v) is 8.81. The fraction of sp³-hybridized carbons (Fsp3) is 0.458. The summed E-state index contributed by atoms with van der Waals surface area (Å²) in [6.07, 6.45) is 8.41. The molecule has 3 aromatic rings. The molecule has 0 amide bonds. The van der Waals surface area contributed by atoms with Crippen molar-refractivity contribution >= 4 is 10.9 Å². The molecule has 3 heterocycles. The predicted molar refractivity (Wildman–Crippen MR) is 112 cm³/mol. The van der Waals surface area contributed by atoms with E-state index in [1.807, 2.05) is 19.1 Å². The lowest BCUT2D eigenvalue weighted by molar-refractivity contribution is 0.0386. The van der Waals surface area contributed by atoms with Gasteiger partial charge in [-0.1, -0.05) is 11.6 Å². The van der Waals surface area contributed by atoms with Crippen LogP contribution in [0.25, 0.3) is 10.9 Å². The smallest absolute Gasteiger partial charge is 0.105 e. The standard InChI is InChI=1S/C24H29N3O/c1-17-3-6-22-21(15-17)20-9-13-26(19-4-5-19)14-10-23(20)27(22)16-24(2,28)18-7-11-25-12-8-18/h3,6-8,11-12,15,19,28H,4-5,9-10,13-14,16H2,1-2H3. The Morgan fingerprint density at radius 1 is 1.11 bits per heavy atom. The van der Waals surface area contributed by atoms with Crippen molar-refractivity contribution in [3.63, 3.8) is 0 Å². The number of rotatable bonds is 4. The Bertz CT molecular complexity index is 1000. The van der Waals surface area contributed by atoms with E-state index in [0.29, 0.717) is 6.54 Å². The third-order valence-corrected chi connectivity index (χ3v) is 6.56. The van der Waals surface area contributed by atoms with Gasteiger partial charge in [-0.2, -0.15) is 0 Å². The summed E-state index contributed by atoms with van der Waals surface area (Å²) >= 11 is 0. The monoisotopic (exact) mass is 375 g/mol. The van der Waals surface area contributed by atoms with E-state index in [0.717, 1.165) is 37.5 Å². The van der Waals surface area contributed by atoms with Gasteiger partial charge >= 0.3 is 0 Å². The summed E-state index contributed by atoms with van der Waals surface area (Å²) in [5.74, 6) is 0. The van der Waals surface area contributed by atoms with Crippen molar-refractivity contribution in [1.82, 2.24) is 14.5 Å². The van der Waals surface area contributed by atoms with Gasteiger partial charge < -0.3 is 9.67 Å². The lowest BCUT2D eigenvalue weighted by Gasteiger charge is -2.26. The first-order chi connectivity index (χ1) is 13.5. The van der Waals surface area contributed by atoms with Crippen LogP contribution in [0.3, 0.4) is 0 Å². The van der Waals surface area contributed by atoms with Gasteiger partial charge in [0.25, 0.3) is 0 Å². The third-order valence-electron chi connectivity index (χ3n) is 6.56. The number of hydrogen-bond donors (Lipinski definition) is 1. The average molecular weight is 376 g/mol. The normalized spacial score (nSPS) is 20.0. The van der Waals surface area contributed by atoms with Crippen molar-refractivity contribution in [2.45, 2.75) is 57.7 Å².